The fourth-order valence-corrected chi connectivity index (χ4v) is 4.37. The molecule has 0 N–H and O–H groups in total. The highest BCUT2D eigenvalue weighted by Crippen LogP contribution is 2.32. The van der Waals surface area contributed by atoms with Crippen molar-refractivity contribution in [3.8, 4) is 0 Å². The molecular weight excluding hydrogens is 366 g/mol. The molecule has 152 valence electrons. The lowest BCUT2D eigenvalue weighted by Gasteiger charge is -2.33. The normalized spacial score (nSPS) is 18.4. The Morgan fingerprint density at radius 2 is 1.83 bits per heavy atom. The first-order valence-corrected chi connectivity index (χ1v) is 10.2. The third kappa shape index (κ3) is 2.96. The highest BCUT2D eigenvalue weighted by molar-refractivity contribution is 6.19. The number of amides is 3. The minimum absolute atomic E-state index is 0.187. The van der Waals surface area contributed by atoms with Crippen molar-refractivity contribution in [2.45, 2.75) is 52.6 Å². The number of carbonyl (C=O) groups excluding carboxylic acids is 2. The van der Waals surface area contributed by atoms with Gasteiger partial charge >= 0.3 is 12.0 Å². The number of hydrogen-bond donors (Lipinski definition) is 0. The fourth-order valence-electron chi connectivity index (χ4n) is 4.37. The maximum atomic E-state index is 13.4. The van der Waals surface area contributed by atoms with Crippen molar-refractivity contribution in [3.63, 3.8) is 0 Å². The van der Waals surface area contributed by atoms with Crippen LogP contribution in [0.15, 0.2) is 35.3 Å². The molecule has 0 radical (unpaired) electrons. The lowest BCUT2D eigenvalue weighted by molar-refractivity contribution is -0.683. The van der Waals surface area contributed by atoms with E-state index in [1.165, 1.54) is 15.4 Å². The van der Waals surface area contributed by atoms with Gasteiger partial charge in [-0.15, -0.1) is 0 Å². The third-order valence-electron chi connectivity index (χ3n) is 5.96. The average molecular weight is 394 g/mol. The van der Waals surface area contributed by atoms with Crippen LogP contribution in [0.1, 0.15) is 49.3 Å². The molecule has 4 rings (SSSR count). The van der Waals surface area contributed by atoms with E-state index in [4.69, 9.17) is 4.99 Å². The number of likely N-dealkylation sites (N-methyl/N-ethyl adjacent to an activating group) is 1. The summed E-state index contributed by atoms with van der Waals surface area (Å²) in [6.07, 6.45) is 1.56. The van der Waals surface area contributed by atoms with Gasteiger partial charge in [0, 0.05) is 13.6 Å². The summed E-state index contributed by atoms with van der Waals surface area (Å²) in [5, 5.41) is 0. The average Bonchev–Trinajstić information content (AvgIpc) is 3.19. The highest BCUT2D eigenvalue weighted by Gasteiger charge is 2.54. The number of aryl methyl sites for hydroxylation is 1. The maximum Gasteiger partial charge on any atom is 0.402 e. The van der Waals surface area contributed by atoms with Gasteiger partial charge in [0.25, 0.3) is 5.91 Å². The quantitative estimate of drug-likeness (QED) is 0.732. The minimum Gasteiger partial charge on any atom is -0.270 e. The molecule has 2 aromatic rings. The van der Waals surface area contributed by atoms with E-state index in [9.17, 15) is 9.59 Å². The van der Waals surface area contributed by atoms with Crippen LogP contribution in [-0.4, -0.2) is 45.7 Å². The van der Waals surface area contributed by atoms with E-state index in [0.29, 0.717) is 12.4 Å². The molecule has 7 nitrogen and oxygen atoms in total. The second-order valence-corrected chi connectivity index (χ2v) is 8.10. The van der Waals surface area contributed by atoms with E-state index in [0.717, 1.165) is 30.2 Å². The van der Waals surface area contributed by atoms with Crippen molar-refractivity contribution in [2.75, 3.05) is 13.6 Å². The molecule has 0 spiro atoms. The van der Waals surface area contributed by atoms with E-state index < -0.39 is 6.04 Å². The summed E-state index contributed by atoms with van der Waals surface area (Å²) in [4.78, 5) is 33.9. The smallest absolute Gasteiger partial charge is 0.270 e. The number of hydrogen-bond acceptors (Lipinski definition) is 3. The van der Waals surface area contributed by atoms with E-state index in [2.05, 4.69) is 37.5 Å². The molecule has 1 unspecified atom stereocenters. The number of fused-ring (bicyclic) bond motifs is 3. The number of nitrogens with zero attached hydrogens (tertiary/aromatic N) is 5. The number of imidazole rings is 1. The molecule has 1 fully saturated rings. The maximum absolute atomic E-state index is 13.4. The van der Waals surface area contributed by atoms with Gasteiger partial charge in [0.05, 0.1) is 6.04 Å². The Bertz CT molecular complexity index is 1010. The first-order valence-electron chi connectivity index (χ1n) is 10.2. The van der Waals surface area contributed by atoms with Crippen molar-refractivity contribution < 1.29 is 14.2 Å². The molecule has 2 aliphatic rings. The zero-order chi connectivity index (χ0) is 20.9. The molecule has 1 atom stereocenters. The zero-order valence-corrected chi connectivity index (χ0v) is 17.7. The van der Waals surface area contributed by atoms with Crippen LogP contribution in [0.3, 0.4) is 0 Å². The number of rotatable bonds is 5. The SMILES string of the molecule is Cc1c(C)[n+]2c(n1C(C)C)N=C1C2C(=O)N(CCCc2ccccc2)C(=O)N1C. The summed E-state index contributed by atoms with van der Waals surface area (Å²) >= 11 is 0. The van der Waals surface area contributed by atoms with Crippen molar-refractivity contribution in [2.24, 2.45) is 4.99 Å². The molecule has 7 heteroatoms. The summed E-state index contributed by atoms with van der Waals surface area (Å²) in [7, 11) is 1.71. The molecule has 0 saturated carbocycles. The Kier molecular flexibility index (Phi) is 4.76. The predicted molar refractivity (Wildman–Crippen MR) is 110 cm³/mol. The molecule has 0 bridgehead atoms. The summed E-state index contributed by atoms with van der Waals surface area (Å²) in [5.41, 5.74) is 3.32. The first-order chi connectivity index (χ1) is 13.8. The van der Waals surface area contributed by atoms with Gasteiger partial charge in [-0.2, -0.15) is 0 Å². The van der Waals surface area contributed by atoms with E-state index in [1.807, 2.05) is 29.7 Å². The van der Waals surface area contributed by atoms with Crippen LogP contribution in [0, 0.1) is 13.8 Å². The van der Waals surface area contributed by atoms with Gasteiger partial charge < -0.3 is 0 Å². The van der Waals surface area contributed by atoms with Gasteiger partial charge in [0.2, 0.25) is 11.9 Å². The van der Waals surface area contributed by atoms with Crippen LogP contribution in [0.5, 0.6) is 0 Å². The molecular formula is C22H28N5O2+. The van der Waals surface area contributed by atoms with Crippen molar-refractivity contribution in [3.05, 3.63) is 47.3 Å². The number of carbonyl (C=O) groups is 2. The number of aromatic nitrogens is 2. The van der Waals surface area contributed by atoms with E-state index >= 15 is 0 Å². The summed E-state index contributed by atoms with van der Waals surface area (Å²) in [6, 6.07) is 9.48. The van der Waals surface area contributed by atoms with Crippen molar-refractivity contribution in [1.29, 1.82) is 0 Å². The van der Waals surface area contributed by atoms with Crippen LogP contribution in [0.2, 0.25) is 0 Å². The Balaban J connectivity index is 1.62. The van der Waals surface area contributed by atoms with Gasteiger partial charge in [-0.05, 0) is 46.1 Å². The lowest BCUT2D eigenvalue weighted by atomic mass is 10.1. The molecule has 1 aromatic heterocycles. The zero-order valence-electron chi connectivity index (χ0n) is 17.7. The summed E-state index contributed by atoms with van der Waals surface area (Å²) in [5.74, 6) is 1.08. The lowest BCUT2D eigenvalue weighted by Crippen LogP contribution is -2.63. The minimum atomic E-state index is -0.567. The largest absolute Gasteiger partial charge is 0.402 e. The number of aliphatic imine (C=N–C) groups is 1. The molecule has 2 aliphatic heterocycles. The van der Waals surface area contributed by atoms with Crippen LogP contribution in [0.25, 0.3) is 0 Å². The van der Waals surface area contributed by atoms with Crippen LogP contribution in [0.4, 0.5) is 10.7 Å². The standard InChI is InChI=1S/C22H28N5O2/c1-14(2)26-15(3)16(4)27-18-19(23-21(26)27)24(5)22(29)25(20(18)28)13-9-12-17-10-7-6-8-11-17/h6-8,10-11,14,18H,9,12-13H2,1-5H3/q+1. The topological polar surface area (TPSA) is 61.8 Å². The van der Waals surface area contributed by atoms with Gasteiger partial charge in [-0.25, -0.2) is 13.9 Å². The second-order valence-electron chi connectivity index (χ2n) is 8.10. The Morgan fingerprint density at radius 1 is 1.14 bits per heavy atom. The molecule has 3 heterocycles. The highest BCUT2D eigenvalue weighted by atomic mass is 16.2. The first kappa shape index (κ1) is 19.4. The van der Waals surface area contributed by atoms with Crippen LogP contribution in [-0.2, 0) is 11.2 Å². The molecule has 3 amide bonds. The fraction of sp³-hybridized carbons (Fsp3) is 0.455. The second kappa shape index (κ2) is 7.13. The Labute approximate surface area is 171 Å². The van der Waals surface area contributed by atoms with E-state index in [1.54, 1.807) is 7.05 Å². The summed E-state index contributed by atoms with van der Waals surface area (Å²) < 4.78 is 4.12. The Morgan fingerprint density at radius 3 is 2.48 bits per heavy atom. The number of imide groups is 1. The summed E-state index contributed by atoms with van der Waals surface area (Å²) in [6.45, 7) is 8.67. The monoisotopic (exact) mass is 394 g/mol. The van der Waals surface area contributed by atoms with Gasteiger partial charge in [-0.1, -0.05) is 35.3 Å². The van der Waals surface area contributed by atoms with Gasteiger partial charge in [0.1, 0.15) is 11.4 Å². The van der Waals surface area contributed by atoms with Gasteiger partial charge in [-0.3, -0.25) is 14.6 Å². The number of amidine groups is 1. The predicted octanol–water partition coefficient (Wildman–Crippen LogP) is 3.08. The Hall–Kier alpha value is -2.96. The number of urea groups is 1. The van der Waals surface area contributed by atoms with Crippen LogP contribution >= 0.6 is 0 Å². The van der Waals surface area contributed by atoms with Crippen LogP contribution < -0.4 is 4.57 Å². The molecule has 0 aliphatic carbocycles. The van der Waals surface area contributed by atoms with E-state index in [-0.39, 0.29) is 18.0 Å². The molecule has 1 aromatic carbocycles. The molecule has 29 heavy (non-hydrogen) atoms. The van der Waals surface area contributed by atoms with Crippen molar-refractivity contribution >= 4 is 23.7 Å². The third-order valence-corrected chi connectivity index (χ3v) is 5.96. The molecule has 1 saturated heterocycles. The van der Waals surface area contributed by atoms with Gasteiger partial charge in [0.15, 0.2) is 0 Å². The van der Waals surface area contributed by atoms with Crippen molar-refractivity contribution in [1.82, 2.24) is 14.4 Å². The number of benzene rings is 1.